The van der Waals surface area contributed by atoms with Crippen molar-refractivity contribution in [3.05, 3.63) is 88.4 Å². The van der Waals surface area contributed by atoms with Crippen LogP contribution in [0.15, 0.2) is 72.8 Å². The van der Waals surface area contributed by atoms with Crippen molar-refractivity contribution in [3.8, 4) is 11.5 Å². The average Bonchev–Trinajstić information content (AvgIpc) is 2.68. The van der Waals surface area contributed by atoms with Crippen LogP contribution in [0.2, 0.25) is 10.0 Å². The largest absolute Gasteiger partial charge is 0.455 e. The molecule has 0 aliphatic carbocycles. The number of esters is 1. The van der Waals surface area contributed by atoms with E-state index in [4.69, 9.17) is 32.7 Å². The fraction of sp³-hybridized carbons (Fsp3) is 0.0476. The number of para-hydroxylation sites is 3. The third-order valence-electron chi connectivity index (χ3n) is 3.63. The molecule has 1 amide bonds. The second-order valence-electron chi connectivity index (χ2n) is 5.63. The molecule has 3 rings (SSSR count). The number of hydrogen-bond donors (Lipinski definition) is 1. The van der Waals surface area contributed by atoms with Gasteiger partial charge in [-0.25, -0.2) is 4.79 Å². The molecule has 0 aromatic heterocycles. The van der Waals surface area contributed by atoms with Crippen LogP contribution in [0.4, 0.5) is 5.69 Å². The predicted molar refractivity (Wildman–Crippen MR) is 108 cm³/mol. The lowest BCUT2D eigenvalue weighted by molar-refractivity contribution is -0.119. The van der Waals surface area contributed by atoms with Gasteiger partial charge < -0.3 is 14.8 Å². The van der Waals surface area contributed by atoms with E-state index in [1.54, 1.807) is 42.5 Å². The summed E-state index contributed by atoms with van der Waals surface area (Å²) in [6.45, 7) is -0.500. The van der Waals surface area contributed by atoms with E-state index >= 15 is 0 Å². The zero-order valence-corrected chi connectivity index (χ0v) is 16.0. The number of hydrogen-bond acceptors (Lipinski definition) is 4. The van der Waals surface area contributed by atoms with Crippen LogP contribution in [0.5, 0.6) is 11.5 Å². The molecule has 0 bridgehead atoms. The van der Waals surface area contributed by atoms with Crippen molar-refractivity contribution in [1.82, 2.24) is 0 Å². The number of nitrogens with one attached hydrogen (secondary N) is 1. The van der Waals surface area contributed by atoms with Crippen LogP contribution in [0.3, 0.4) is 0 Å². The molecular formula is C21H15Cl2NO4. The normalized spacial score (nSPS) is 10.2. The Morgan fingerprint density at radius 3 is 2.18 bits per heavy atom. The summed E-state index contributed by atoms with van der Waals surface area (Å²) < 4.78 is 10.8. The minimum absolute atomic E-state index is 0.0199. The van der Waals surface area contributed by atoms with E-state index in [0.29, 0.717) is 17.2 Å². The number of carbonyl (C=O) groups is 2. The first-order valence-electron chi connectivity index (χ1n) is 8.27. The number of halogens is 2. The lowest BCUT2D eigenvalue weighted by Crippen LogP contribution is -2.21. The van der Waals surface area contributed by atoms with Crippen LogP contribution in [-0.4, -0.2) is 18.5 Å². The Morgan fingerprint density at radius 2 is 1.46 bits per heavy atom. The van der Waals surface area contributed by atoms with Gasteiger partial charge in [-0.1, -0.05) is 59.6 Å². The van der Waals surface area contributed by atoms with Crippen LogP contribution in [0, 0.1) is 0 Å². The molecule has 0 saturated carbocycles. The molecule has 0 fully saturated rings. The Kier molecular flexibility index (Phi) is 6.53. The van der Waals surface area contributed by atoms with Crippen molar-refractivity contribution in [1.29, 1.82) is 0 Å². The minimum Gasteiger partial charge on any atom is -0.455 e. The van der Waals surface area contributed by atoms with Gasteiger partial charge in [-0.05, 0) is 36.4 Å². The van der Waals surface area contributed by atoms with Crippen molar-refractivity contribution in [2.75, 3.05) is 11.9 Å². The smallest absolute Gasteiger partial charge is 0.341 e. The Balaban J connectivity index is 1.63. The van der Waals surface area contributed by atoms with E-state index in [1.807, 2.05) is 18.2 Å². The standard InChI is InChI=1S/C21H15Cl2NO4/c22-15-9-6-10-16(23)20(15)21(26)27-13-19(25)24-17-11-4-5-12-18(17)28-14-7-2-1-3-8-14/h1-12H,13H2,(H,24,25). The summed E-state index contributed by atoms with van der Waals surface area (Å²) in [6, 6.07) is 20.7. The SMILES string of the molecule is O=C(COC(=O)c1c(Cl)cccc1Cl)Nc1ccccc1Oc1ccccc1. The monoisotopic (exact) mass is 415 g/mol. The van der Waals surface area contributed by atoms with Gasteiger partial charge in [-0.2, -0.15) is 0 Å². The summed E-state index contributed by atoms with van der Waals surface area (Å²) in [4.78, 5) is 24.4. The fourth-order valence-corrected chi connectivity index (χ4v) is 2.91. The van der Waals surface area contributed by atoms with Crippen LogP contribution < -0.4 is 10.1 Å². The molecule has 0 unspecified atom stereocenters. The average molecular weight is 416 g/mol. The fourth-order valence-electron chi connectivity index (χ4n) is 2.36. The van der Waals surface area contributed by atoms with E-state index in [2.05, 4.69) is 5.32 Å². The first-order valence-corrected chi connectivity index (χ1v) is 9.03. The Labute approximate surface area is 171 Å². The van der Waals surface area contributed by atoms with E-state index in [1.165, 1.54) is 12.1 Å². The van der Waals surface area contributed by atoms with Gasteiger partial charge in [0.2, 0.25) is 0 Å². The number of benzene rings is 3. The molecule has 3 aromatic rings. The van der Waals surface area contributed by atoms with E-state index in [9.17, 15) is 9.59 Å². The molecule has 0 heterocycles. The van der Waals surface area contributed by atoms with Crippen molar-refractivity contribution in [2.24, 2.45) is 0 Å². The third-order valence-corrected chi connectivity index (χ3v) is 4.26. The second kappa shape index (κ2) is 9.26. The van der Waals surface area contributed by atoms with Crippen molar-refractivity contribution >= 4 is 40.8 Å². The Morgan fingerprint density at radius 1 is 0.821 bits per heavy atom. The topological polar surface area (TPSA) is 64.6 Å². The number of amides is 1. The molecule has 0 aliphatic heterocycles. The van der Waals surface area contributed by atoms with Gasteiger partial charge in [-0.3, -0.25) is 4.79 Å². The van der Waals surface area contributed by atoms with Gasteiger partial charge in [0.15, 0.2) is 12.4 Å². The lowest BCUT2D eigenvalue weighted by atomic mass is 10.2. The first kappa shape index (κ1) is 19.7. The summed E-state index contributed by atoms with van der Waals surface area (Å²) in [6.07, 6.45) is 0. The minimum atomic E-state index is -0.778. The summed E-state index contributed by atoms with van der Waals surface area (Å²) in [7, 11) is 0. The molecule has 142 valence electrons. The van der Waals surface area contributed by atoms with E-state index in [0.717, 1.165) is 0 Å². The van der Waals surface area contributed by atoms with E-state index in [-0.39, 0.29) is 15.6 Å². The van der Waals surface area contributed by atoms with Gasteiger partial charge in [0.25, 0.3) is 5.91 Å². The van der Waals surface area contributed by atoms with Crippen molar-refractivity contribution < 1.29 is 19.1 Å². The van der Waals surface area contributed by atoms with Gasteiger partial charge in [0.05, 0.1) is 21.3 Å². The van der Waals surface area contributed by atoms with E-state index < -0.39 is 18.5 Å². The highest BCUT2D eigenvalue weighted by Crippen LogP contribution is 2.29. The van der Waals surface area contributed by atoms with Crippen molar-refractivity contribution in [3.63, 3.8) is 0 Å². The number of carbonyl (C=O) groups excluding carboxylic acids is 2. The summed E-state index contributed by atoms with van der Waals surface area (Å²) >= 11 is 11.9. The molecule has 0 spiro atoms. The maximum Gasteiger partial charge on any atom is 0.341 e. The van der Waals surface area contributed by atoms with Crippen LogP contribution in [0.1, 0.15) is 10.4 Å². The number of ether oxygens (including phenoxy) is 2. The van der Waals surface area contributed by atoms with Gasteiger partial charge in [-0.15, -0.1) is 0 Å². The zero-order chi connectivity index (χ0) is 19.9. The quantitative estimate of drug-likeness (QED) is 0.533. The van der Waals surface area contributed by atoms with Gasteiger partial charge in [0.1, 0.15) is 5.75 Å². The van der Waals surface area contributed by atoms with Crippen LogP contribution in [-0.2, 0) is 9.53 Å². The molecular weight excluding hydrogens is 401 g/mol. The molecule has 5 nitrogen and oxygen atoms in total. The molecule has 0 radical (unpaired) electrons. The second-order valence-corrected chi connectivity index (χ2v) is 6.45. The highest BCUT2D eigenvalue weighted by atomic mass is 35.5. The van der Waals surface area contributed by atoms with Crippen molar-refractivity contribution in [2.45, 2.75) is 0 Å². The molecule has 7 heteroatoms. The zero-order valence-electron chi connectivity index (χ0n) is 14.5. The molecule has 0 aliphatic rings. The van der Waals surface area contributed by atoms with Gasteiger partial charge >= 0.3 is 5.97 Å². The Hall–Kier alpha value is -3.02. The highest BCUT2D eigenvalue weighted by molar-refractivity contribution is 6.39. The third kappa shape index (κ3) is 5.03. The Bertz CT molecular complexity index is 972. The first-order chi connectivity index (χ1) is 13.5. The summed E-state index contributed by atoms with van der Waals surface area (Å²) in [5.41, 5.74) is 0.467. The predicted octanol–water partition coefficient (Wildman–Crippen LogP) is 5.58. The number of anilines is 1. The maximum absolute atomic E-state index is 12.2. The van der Waals surface area contributed by atoms with Crippen LogP contribution >= 0.6 is 23.2 Å². The maximum atomic E-state index is 12.2. The molecule has 28 heavy (non-hydrogen) atoms. The summed E-state index contributed by atoms with van der Waals surface area (Å²) in [5.74, 6) is -0.216. The summed E-state index contributed by atoms with van der Waals surface area (Å²) in [5, 5.41) is 2.96. The van der Waals surface area contributed by atoms with Gasteiger partial charge in [0, 0.05) is 0 Å². The molecule has 1 N–H and O–H groups in total. The molecule has 0 atom stereocenters. The van der Waals surface area contributed by atoms with Crippen LogP contribution in [0.25, 0.3) is 0 Å². The highest BCUT2D eigenvalue weighted by Gasteiger charge is 2.18. The lowest BCUT2D eigenvalue weighted by Gasteiger charge is -2.12. The molecule has 3 aromatic carbocycles. The molecule has 0 saturated heterocycles. The number of rotatable bonds is 6.